The fourth-order valence-electron chi connectivity index (χ4n) is 4.62. The van der Waals surface area contributed by atoms with Crippen molar-refractivity contribution in [3.63, 3.8) is 0 Å². The molecule has 0 aliphatic carbocycles. The average molecular weight is 594 g/mol. The van der Waals surface area contributed by atoms with Gasteiger partial charge in [-0.3, -0.25) is 4.79 Å². The first-order valence-corrected chi connectivity index (χ1v) is 13.8. The smallest absolute Gasteiger partial charge is 0.323 e. The third kappa shape index (κ3) is 7.72. The van der Waals surface area contributed by atoms with Crippen molar-refractivity contribution < 1.29 is 33.4 Å². The van der Waals surface area contributed by atoms with Gasteiger partial charge in [-0.2, -0.15) is 0 Å². The van der Waals surface area contributed by atoms with Crippen LogP contribution in [0.4, 0.5) is 31.0 Å². The lowest BCUT2D eigenvalue weighted by molar-refractivity contribution is 0.0373. The quantitative estimate of drug-likeness (QED) is 0.295. The Morgan fingerprint density at radius 1 is 1.07 bits per heavy atom. The number of nitrogens with zero attached hydrogens (tertiary/aromatic N) is 2. The molecule has 12 heteroatoms. The molecule has 0 fully saturated rings. The normalized spacial score (nSPS) is 17.0. The molecule has 0 radical (unpaired) electrons. The summed E-state index contributed by atoms with van der Waals surface area (Å²) in [6.45, 7) is 3.80. The van der Waals surface area contributed by atoms with Gasteiger partial charge in [0.25, 0.3) is 5.91 Å². The molecule has 3 aromatic carbocycles. The molecule has 11 nitrogen and oxygen atoms in total. The summed E-state index contributed by atoms with van der Waals surface area (Å²) in [6.07, 6.45) is -0.602. The molecule has 0 saturated heterocycles. The Hall–Kier alpha value is -4.84. The molecular weight excluding hydrogens is 557 g/mol. The second-order valence-corrected chi connectivity index (χ2v) is 10.4. The van der Waals surface area contributed by atoms with Crippen molar-refractivity contribution in [2.24, 2.45) is 5.92 Å². The molecule has 43 heavy (non-hydrogen) atoms. The number of carbonyl (C=O) groups is 3. The van der Waals surface area contributed by atoms with Crippen LogP contribution in [0.1, 0.15) is 24.2 Å². The van der Waals surface area contributed by atoms with E-state index in [4.69, 9.17) is 9.47 Å². The van der Waals surface area contributed by atoms with E-state index in [9.17, 15) is 23.9 Å². The number of hydrogen-bond acceptors (Lipinski definition) is 6. The van der Waals surface area contributed by atoms with Gasteiger partial charge < -0.3 is 40.3 Å². The number of amides is 5. The largest absolute Gasteiger partial charge is 0.497 e. The number of methoxy groups -OCH3 is 1. The summed E-state index contributed by atoms with van der Waals surface area (Å²) in [5.41, 5.74) is 1.38. The fourth-order valence-corrected chi connectivity index (χ4v) is 4.62. The van der Waals surface area contributed by atoms with E-state index in [-0.39, 0.29) is 54.6 Å². The van der Waals surface area contributed by atoms with Gasteiger partial charge in [0.05, 0.1) is 37.6 Å². The van der Waals surface area contributed by atoms with Gasteiger partial charge in [-0.1, -0.05) is 13.0 Å². The maximum Gasteiger partial charge on any atom is 0.323 e. The Morgan fingerprint density at radius 3 is 2.37 bits per heavy atom. The highest BCUT2D eigenvalue weighted by Gasteiger charge is 2.35. The van der Waals surface area contributed by atoms with E-state index in [1.807, 2.05) is 6.92 Å². The predicted octanol–water partition coefficient (Wildman–Crippen LogP) is 4.86. The van der Waals surface area contributed by atoms with Crippen LogP contribution in [0.3, 0.4) is 0 Å². The number of rotatable bonds is 8. The van der Waals surface area contributed by atoms with Crippen molar-refractivity contribution in [2.75, 3.05) is 49.8 Å². The number of urea groups is 2. The number of hydrogen-bond donors (Lipinski definition) is 4. The van der Waals surface area contributed by atoms with E-state index in [1.165, 1.54) is 29.2 Å². The number of aliphatic hydroxyl groups is 1. The van der Waals surface area contributed by atoms with Crippen LogP contribution in [-0.4, -0.2) is 78.9 Å². The van der Waals surface area contributed by atoms with E-state index >= 15 is 0 Å². The Bertz CT molecular complexity index is 1440. The van der Waals surface area contributed by atoms with Crippen molar-refractivity contribution in [3.05, 3.63) is 78.1 Å². The van der Waals surface area contributed by atoms with Crippen LogP contribution in [0.25, 0.3) is 0 Å². The summed E-state index contributed by atoms with van der Waals surface area (Å²) >= 11 is 0. The van der Waals surface area contributed by atoms with E-state index in [0.717, 1.165) is 0 Å². The van der Waals surface area contributed by atoms with Crippen molar-refractivity contribution in [1.29, 1.82) is 0 Å². The summed E-state index contributed by atoms with van der Waals surface area (Å²) < 4.78 is 24.9. The monoisotopic (exact) mass is 593 g/mol. The van der Waals surface area contributed by atoms with Crippen molar-refractivity contribution in [2.45, 2.75) is 26.0 Å². The number of anilines is 3. The predicted molar refractivity (Wildman–Crippen MR) is 161 cm³/mol. The SMILES string of the molecule is COc1ccc(NC(=O)N(C)C[C@@H]2Oc3c(NC(=O)Nc4ccc(F)cc4)cccc3C(=O)N([C@@H](C)CO)C[C@@H]2C)cc1. The molecule has 3 atom stereocenters. The van der Waals surface area contributed by atoms with Gasteiger partial charge in [0.1, 0.15) is 17.7 Å². The summed E-state index contributed by atoms with van der Waals surface area (Å²) in [5.74, 6) is -0.281. The highest BCUT2D eigenvalue weighted by Crippen LogP contribution is 2.35. The molecule has 0 bridgehead atoms. The lowest BCUT2D eigenvalue weighted by Gasteiger charge is -2.38. The molecule has 1 heterocycles. The second kappa shape index (κ2) is 13.9. The molecule has 3 aromatic rings. The zero-order valence-electron chi connectivity index (χ0n) is 24.5. The Labute approximate surface area is 249 Å². The summed E-state index contributed by atoms with van der Waals surface area (Å²) in [4.78, 5) is 42.6. The molecule has 0 aromatic heterocycles. The van der Waals surface area contributed by atoms with Gasteiger partial charge in [0.2, 0.25) is 0 Å². The van der Waals surface area contributed by atoms with E-state index in [1.54, 1.807) is 68.4 Å². The molecule has 5 amide bonds. The molecular formula is C31H36FN5O6. The molecule has 1 aliphatic heterocycles. The Morgan fingerprint density at radius 2 is 1.72 bits per heavy atom. The van der Waals surface area contributed by atoms with Gasteiger partial charge in [0.15, 0.2) is 5.75 Å². The number of halogens is 1. The minimum Gasteiger partial charge on any atom is -0.497 e. The Kier molecular flexibility index (Phi) is 10.0. The summed E-state index contributed by atoms with van der Waals surface area (Å²) in [7, 11) is 3.19. The second-order valence-electron chi connectivity index (χ2n) is 10.4. The number of para-hydroxylation sites is 1. The number of fused-ring (bicyclic) bond motifs is 1. The molecule has 4 rings (SSSR count). The van der Waals surface area contributed by atoms with Crippen LogP contribution < -0.4 is 25.4 Å². The van der Waals surface area contributed by atoms with Crippen molar-refractivity contribution >= 4 is 35.0 Å². The van der Waals surface area contributed by atoms with Gasteiger partial charge in [-0.05, 0) is 67.6 Å². The van der Waals surface area contributed by atoms with Crippen LogP contribution in [0.15, 0.2) is 66.7 Å². The number of ether oxygens (including phenoxy) is 2. The first-order chi connectivity index (χ1) is 20.6. The first kappa shape index (κ1) is 31.1. The van der Waals surface area contributed by atoms with Crippen LogP contribution in [0.5, 0.6) is 11.5 Å². The first-order valence-electron chi connectivity index (χ1n) is 13.8. The minimum absolute atomic E-state index is 0.136. The standard InChI is InChI=1S/C31H36FN5O6/c1-19-16-37(20(2)18-38)29(39)25-6-5-7-26(35-30(40)33-22-10-8-21(32)9-11-22)28(25)43-27(19)17-36(3)31(41)34-23-12-14-24(42-4)15-13-23/h5-15,19-20,27,38H,16-18H2,1-4H3,(H,34,41)(H2,33,35,40)/t19-,20-,27-/m0/s1. The van der Waals surface area contributed by atoms with Crippen molar-refractivity contribution in [1.82, 2.24) is 9.80 Å². The minimum atomic E-state index is -0.626. The zero-order valence-corrected chi connectivity index (χ0v) is 24.5. The van der Waals surface area contributed by atoms with Gasteiger partial charge in [-0.15, -0.1) is 0 Å². The summed E-state index contributed by atoms with van der Waals surface area (Å²) in [6, 6.07) is 15.5. The third-order valence-electron chi connectivity index (χ3n) is 7.18. The number of nitrogens with one attached hydrogen (secondary N) is 3. The maximum atomic E-state index is 13.7. The molecule has 1 aliphatic rings. The fraction of sp³-hybridized carbons (Fsp3) is 0.323. The summed E-state index contributed by atoms with van der Waals surface area (Å²) in [5, 5.41) is 18.1. The maximum absolute atomic E-state index is 13.7. The van der Waals surface area contributed by atoms with E-state index in [0.29, 0.717) is 17.1 Å². The average Bonchev–Trinajstić information content (AvgIpc) is 3.00. The molecule has 0 unspecified atom stereocenters. The topological polar surface area (TPSA) is 132 Å². The van der Waals surface area contributed by atoms with Crippen LogP contribution in [-0.2, 0) is 0 Å². The van der Waals surface area contributed by atoms with Crippen LogP contribution >= 0.6 is 0 Å². The number of likely N-dealkylation sites (N-methyl/N-ethyl adjacent to an activating group) is 1. The van der Waals surface area contributed by atoms with Crippen molar-refractivity contribution in [3.8, 4) is 11.5 Å². The highest BCUT2D eigenvalue weighted by atomic mass is 19.1. The van der Waals surface area contributed by atoms with Gasteiger partial charge in [0, 0.05) is 30.9 Å². The number of benzene rings is 3. The van der Waals surface area contributed by atoms with E-state index < -0.39 is 24.0 Å². The molecule has 0 spiro atoms. The van der Waals surface area contributed by atoms with Gasteiger partial charge in [-0.25, -0.2) is 14.0 Å². The van der Waals surface area contributed by atoms with Crippen LogP contribution in [0, 0.1) is 11.7 Å². The van der Waals surface area contributed by atoms with Gasteiger partial charge >= 0.3 is 12.1 Å². The molecule has 228 valence electrons. The lowest BCUT2D eigenvalue weighted by Crippen LogP contribution is -2.50. The number of aliphatic hydroxyl groups excluding tert-OH is 1. The van der Waals surface area contributed by atoms with Crippen LogP contribution in [0.2, 0.25) is 0 Å². The number of carbonyl (C=O) groups excluding carboxylic acids is 3. The molecule has 4 N–H and O–H groups in total. The lowest BCUT2D eigenvalue weighted by atomic mass is 9.99. The molecule has 0 saturated carbocycles. The van der Waals surface area contributed by atoms with E-state index in [2.05, 4.69) is 16.0 Å². The highest BCUT2D eigenvalue weighted by molar-refractivity contribution is 6.04. The zero-order chi connectivity index (χ0) is 31.1. The third-order valence-corrected chi connectivity index (χ3v) is 7.18. The Balaban J connectivity index is 1.59.